The Morgan fingerprint density at radius 3 is 1.24 bits per heavy atom. The third-order valence-corrected chi connectivity index (χ3v) is 32.1. The number of rotatable bonds is 13. The Kier molecular flexibility index (Phi) is 50.4. The lowest BCUT2D eigenvalue weighted by Crippen LogP contribution is -2.61. The van der Waals surface area contributed by atoms with Gasteiger partial charge in [-0.1, -0.05) is 181 Å². The van der Waals surface area contributed by atoms with Crippen LogP contribution in [0, 0.1) is 76.9 Å². The SMILES string of the molecule is CO[C@H]1[C@@H](O)[C@H](C)C[C@H](C)/C=C/C=C/C=C(\C)[C@@H](C)C[C@@H]2CC[C@@H](C)[C@@](O)(O2)C(=O)C(=O)N2CCCCC2C(=O)OC([C@H](C)CC2CC[C@@H](O)[C@H](OC)C2)C[C@H](O)[C@H](C)/C=C(\C)[C@H]1O.CO[C@H]1[C@@H](O)[C@H](C)C[C@H](C)/C=C/C=CC=C(C)[C@@H](OC)C[C@@H]2CC[C@@H](C)[C@@](O)(O2)C(=O)C(=O)N2CCCCC2C(=O)OC([C@H](C)CC2CC[C@@H](O)[C@H](OC)C2)C[C@H](O)[C@H](C)/C=C(\C)[C@H]1O.COc1ccc(C(C)(C)C)c(OC)c1. The van der Waals surface area contributed by atoms with E-state index < -0.39 is 174 Å². The van der Waals surface area contributed by atoms with E-state index in [2.05, 4.69) is 53.7 Å². The van der Waals surface area contributed by atoms with Crippen molar-refractivity contribution in [1.82, 2.24) is 9.80 Å². The number of carbonyl (C=O) groups is 6. The Morgan fingerprint density at radius 2 is 0.853 bits per heavy atom. The molecule has 34 atom stereocenters. The molecule has 6 heterocycles. The molecule has 10 N–H and O–H groups in total. The number of ether oxygens (including phenoxy) is 11. The van der Waals surface area contributed by atoms with Gasteiger partial charge in [-0.2, -0.15) is 0 Å². The fourth-order valence-electron chi connectivity index (χ4n) is 22.2. The van der Waals surface area contributed by atoms with Gasteiger partial charge >= 0.3 is 11.9 Å². The molecule has 29 heteroatoms. The number of ketones is 2. The summed E-state index contributed by atoms with van der Waals surface area (Å²) in [7, 11) is 11.0. The van der Waals surface area contributed by atoms with E-state index in [-0.39, 0.29) is 110 Å². The predicted octanol–water partition coefficient (Wildman–Crippen LogP) is 15.2. The third kappa shape index (κ3) is 34.9. The summed E-state index contributed by atoms with van der Waals surface area (Å²) in [4.78, 5) is 88.1. The van der Waals surface area contributed by atoms with Gasteiger partial charge in [0.05, 0.1) is 81.4 Å². The van der Waals surface area contributed by atoms with Crippen LogP contribution in [0.15, 0.2) is 113 Å². The van der Waals surface area contributed by atoms with Crippen molar-refractivity contribution < 1.29 is 132 Å². The van der Waals surface area contributed by atoms with E-state index in [9.17, 15) is 79.8 Å². The molecule has 0 radical (unpaired) electrons. The van der Waals surface area contributed by atoms with Gasteiger partial charge in [0.1, 0.15) is 60.2 Å². The van der Waals surface area contributed by atoms with Crippen molar-refractivity contribution in [2.24, 2.45) is 76.9 Å². The molecule has 2 amide bonds. The smallest absolute Gasteiger partial charge is 0.329 e. The zero-order valence-corrected chi connectivity index (χ0v) is 90.8. The van der Waals surface area contributed by atoms with Gasteiger partial charge < -0.3 is 113 Å². The van der Waals surface area contributed by atoms with Gasteiger partial charge in [-0.05, 0) is 250 Å². The molecule has 2 aliphatic carbocycles. The number of benzene rings is 1. The van der Waals surface area contributed by atoms with Gasteiger partial charge in [-0.3, -0.25) is 19.2 Å². The Labute approximate surface area is 854 Å². The van der Waals surface area contributed by atoms with Gasteiger partial charge in [-0.15, -0.1) is 0 Å². The number of cyclic esters (lactones) is 2. The average Bonchev–Trinajstić information content (AvgIpc) is 0.774. The molecule has 6 aliphatic heterocycles. The number of Topliss-reactive ketones (excluding diaryl/α,β-unsaturated/α-hetero) is 2. The molecule has 0 aromatic heterocycles. The molecular weight excluding hydrogens is 1830 g/mol. The third-order valence-electron chi connectivity index (χ3n) is 32.1. The maximum atomic E-state index is 14.4. The Hall–Kier alpha value is -6.72. The fourth-order valence-corrected chi connectivity index (χ4v) is 22.2. The molecule has 0 spiro atoms. The first-order valence-corrected chi connectivity index (χ1v) is 53.1. The van der Waals surface area contributed by atoms with E-state index >= 15 is 0 Å². The van der Waals surface area contributed by atoms with Crippen molar-refractivity contribution in [3.8, 4) is 11.5 Å². The van der Waals surface area contributed by atoms with E-state index in [4.69, 9.17) is 52.1 Å². The average molecular weight is 2010 g/mol. The molecule has 1 aromatic carbocycles. The second kappa shape index (κ2) is 58.5. The van der Waals surface area contributed by atoms with Crippen LogP contribution < -0.4 is 9.47 Å². The lowest BCUT2D eigenvalue weighted by atomic mass is 9.78. The minimum atomic E-state index is -2.41. The number of carbonyl (C=O) groups excluding carboxylic acids is 6. The molecule has 812 valence electrons. The number of piperidine rings is 2. The van der Waals surface area contributed by atoms with Crippen LogP contribution in [0.3, 0.4) is 0 Å². The maximum Gasteiger partial charge on any atom is 0.329 e. The van der Waals surface area contributed by atoms with Crippen molar-refractivity contribution in [1.29, 1.82) is 0 Å². The Bertz CT molecular complexity index is 4380. The summed E-state index contributed by atoms with van der Waals surface area (Å²) in [6, 6.07) is 3.75. The van der Waals surface area contributed by atoms with Crippen molar-refractivity contribution in [2.75, 3.05) is 62.9 Å². The predicted molar refractivity (Wildman–Crippen MR) is 551 cm³/mol. The lowest BCUT2D eigenvalue weighted by molar-refractivity contribution is -0.265. The monoisotopic (exact) mass is 2010 g/mol. The van der Waals surface area contributed by atoms with Crippen molar-refractivity contribution >= 4 is 35.3 Å². The van der Waals surface area contributed by atoms with Crippen molar-refractivity contribution in [3.05, 3.63) is 119 Å². The molecule has 4 saturated heterocycles. The van der Waals surface area contributed by atoms with E-state index in [0.717, 1.165) is 35.5 Å². The standard InChI is InChI=1S/C51H83NO13.C51H83NO12.C12H18O2/c1-30-16-12-11-13-17-31(2)42(61-8)28-38-21-19-36(7)51(60,65-38)48(57)49(58)52-23-15-14-18-39(52)50(59)64-43(33(4)26-37-20-22-40(53)44(27-37)62-9)29-41(54)32(3)25-35(6)46(56)47(63-10)45(55)34(5)24-30;1-30-16-12-11-13-17-31(2)32(3)27-39-21-19-37(8)51(60,64-39)48(57)49(58)52-23-15-14-18-40(52)50(59)63-43(34(5)26-38-20-22-41(53)44(28-38)61-9)29-42(54)33(4)25-36(7)46(56)47(62-10)45(55)35(6)24-30;1-12(2,3)10-7-6-9(13-4)8-11(10)14-5/h11-13,16-17,25,30,32-34,36-47,53-56,60H,14-15,18-24,26-29H2,1-10H3;11-13,16-17,25,30,32-35,37-47,53-56,60H,14-15,18-24,26-29H2,1-10H3;6-8H,1-5H3/b13-11?,16-12+,31-17?,35-25+;13-11+,16-12+,31-17+,36-25+;/t30-,32-,33-,34-,36-,37?,38+,39?,40-,41+,42+,43?,44-,45+,46-,47+,51-;30-,32+,33-,34-,35-,37-,38?,39+,40?,41-,42+,43?,44-,45+,46-,47+,51-;/m11./s1. The van der Waals surface area contributed by atoms with Gasteiger partial charge in [-0.25, -0.2) is 9.59 Å². The summed E-state index contributed by atoms with van der Waals surface area (Å²) in [5.41, 5.74) is 4.30. The molecular formula is C114H184N2O27. The van der Waals surface area contributed by atoms with Crippen LogP contribution in [0.2, 0.25) is 0 Å². The van der Waals surface area contributed by atoms with Gasteiger partial charge in [0.25, 0.3) is 23.4 Å². The summed E-state index contributed by atoms with van der Waals surface area (Å²) >= 11 is 0. The van der Waals surface area contributed by atoms with Crippen molar-refractivity contribution in [3.63, 3.8) is 0 Å². The molecule has 6 fully saturated rings. The summed E-state index contributed by atoms with van der Waals surface area (Å²) in [6.07, 6.45) is 22.5. The summed E-state index contributed by atoms with van der Waals surface area (Å²) in [5, 5.41) is 114. The number of nitrogens with zero attached hydrogens (tertiary/aromatic N) is 2. The largest absolute Gasteiger partial charge is 0.497 e. The molecule has 2 saturated carbocycles. The highest BCUT2D eigenvalue weighted by atomic mass is 16.6. The zero-order chi connectivity index (χ0) is 106. The van der Waals surface area contributed by atoms with E-state index in [1.165, 1.54) is 29.6 Å². The minimum Gasteiger partial charge on any atom is -0.497 e. The molecule has 29 nitrogen and oxygen atoms in total. The number of esters is 2. The van der Waals surface area contributed by atoms with E-state index in [1.807, 2.05) is 122 Å². The number of allylic oxidation sites excluding steroid dienone is 11. The minimum absolute atomic E-state index is 0.0359. The quantitative estimate of drug-likeness (QED) is 0.0498. The number of amides is 2. The highest BCUT2D eigenvalue weighted by Crippen LogP contribution is 2.44. The van der Waals surface area contributed by atoms with E-state index in [1.54, 1.807) is 75.4 Å². The van der Waals surface area contributed by atoms with Crippen LogP contribution in [-0.4, -0.2) is 286 Å². The number of methoxy groups -OCH3 is 7. The summed E-state index contributed by atoms with van der Waals surface area (Å²) < 4.78 is 63.9. The normalized spacial score (nSPS) is 39.2. The molecule has 9 rings (SSSR count). The van der Waals surface area contributed by atoms with Gasteiger partial charge in [0, 0.05) is 97.6 Å². The van der Waals surface area contributed by atoms with Crippen LogP contribution in [0.25, 0.3) is 0 Å². The van der Waals surface area contributed by atoms with E-state index in [0.29, 0.717) is 127 Å². The molecule has 8 aliphatic rings. The van der Waals surface area contributed by atoms with Gasteiger partial charge in [0.15, 0.2) is 0 Å². The zero-order valence-electron chi connectivity index (χ0n) is 90.8. The van der Waals surface area contributed by atoms with Crippen LogP contribution in [-0.2, 0) is 76.8 Å². The number of hydrogen-bond acceptors (Lipinski definition) is 27. The maximum absolute atomic E-state index is 14.4. The summed E-state index contributed by atoms with van der Waals surface area (Å²) in [5.74, 6) is -11.4. The van der Waals surface area contributed by atoms with Gasteiger partial charge in [0.2, 0.25) is 11.6 Å². The van der Waals surface area contributed by atoms with Crippen molar-refractivity contribution in [2.45, 2.75) is 412 Å². The Balaban J connectivity index is 0.000000341. The van der Waals surface area contributed by atoms with Crippen LogP contribution >= 0.6 is 0 Å². The first kappa shape index (κ1) is 123. The van der Waals surface area contributed by atoms with Crippen LogP contribution in [0.1, 0.15) is 284 Å². The molecule has 143 heavy (non-hydrogen) atoms. The first-order chi connectivity index (χ1) is 67.4. The first-order valence-electron chi connectivity index (χ1n) is 53.1. The number of aliphatic hydroxyl groups is 10. The second-order valence-corrected chi connectivity index (χ2v) is 44.5. The highest BCUT2D eigenvalue weighted by Gasteiger charge is 2.56. The highest BCUT2D eigenvalue weighted by molar-refractivity contribution is 6.39. The number of hydrogen-bond donors (Lipinski definition) is 10. The summed E-state index contributed by atoms with van der Waals surface area (Å²) in [6.45, 7) is 35.2. The number of aliphatic hydroxyl groups excluding tert-OH is 8. The molecule has 6 unspecified atom stereocenters. The molecule has 1 aromatic rings. The molecule has 4 bridgehead atoms. The fraction of sp³-hybridized carbons (Fsp3) is 0.754. The Morgan fingerprint density at radius 1 is 0.441 bits per heavy atom. The number of fused-ring (bicyclic) bond motifs is 6. The second-order valence-electron chi connectivity index (χ2n) is 44.5. The van der Waals surface area contributed by atoms with Crippen LogP contribution in [0.4, 0.5) is 0 Å². The topological polar surface area (TPSA) is 413 Å². The van der Waals surface area contributed by atoms with Crippen LogP contribution in [0.5, 0.6) is 11.5 Å². The lowest BCUT2D eigenvalue weighted by Gasteiger charge is -2.43.